The molecule has 4 rings (SSSR count). The van der Waals surface area contributed by atoms with E-state index in [9.17, 15) is 9.90 Å². The van der Waals surface area contributed by atoms with Crippen LogP contribution in [0.15, 0.2) is 11.1 Å². The van der Waals surface area contributed by atoms with Crippen LogP contribution in [0.3, 0.4) is 0 Å². The van der Waals surface area contributed by atoms with E-state index in [4.69, 9.17) is 0 Å². The standard InChI is InChI=1S/C20H30O2/c1-11-13-9-12-5-6-15-19(2,3)8-7-16(21)20(15,4)17(12)14(10-13)18(11)22/h11,13-16,21H,5-10H2,1-4H3/t11-,13+,14?,15-,16+,20+/m1/s1. The predicted octanol–water partition coefficient (Wildman–Crippen LogP) is 4.13. The number of carbonyl (C=O) groups is 1. The summed E-state index contributed by atoms with van der Waals surface area (Å²) in [4.78, 5) is 12.8. The molecule has 4 aliphatic rings. The van der Waals surface area contributed by atoms with Gasteiger partial charge in [-0.25, -0.2) is 0 Å². The van der Waals surface area contributed by atoms with Crippen LogP contribution in [0.1, 0.15) is 66.2 Å². The summed E-state index contributed by atoms with van der Waals surface area (Å²) >= 11 is 0. The maximum Gasteiger partial charge on any atom is 0.143 e. The molecule has 0 aliphatic heterocycles. The summed E-state index contributed by atoms with van der Waals surface area (Å²) in [5, 5.41) is 11.0. The summed E-state index contributed by atoms with van der Waals surface area (Å²) in [7, 11) is 0. The normalized spacial score (nSPS) is 49.9. The van der Waals surface area contributed by atoms with Gasteiger partial charge in [0.05, 0.1) is 6.10 Å². The van der Waals surface area contributed by atoms with Crippen LogP contribution in [-0.2, 0) is 4.79 Å². The fourth-order valence-corrected chi connectivity index (χ4v) is 6.76. The van der Waals surface area contributed by atoms with Gasteiger partial charge in [-0.2, -0.15) is 0 Å². The van der Waals surface area contributed by atoms with Crippen molar-refractivity contribution in [3.63, 3.8) is 0 Å². The molecule has 2 saturated carbocycles. The molecule has 0 aromatic heterocycles. The first-order valence-electron chi connectivity index (χ1n) is 9.21. The first kappa shape index (κ1) is 14.9. The Balaban J connectivity index is 1.85. The summed E-state index contributed by atoms with van der Waals surface area (Å²) in [6.45, 7) is 9.16. The third kappa shape index (κ3) is 1.68. The second-order valence-corrected chi connectivity index (χ2v) is 9.38. The second kappa shape index (κ2) is 4.47. The molecule has 2 heteroatoms. The Bertz CT molecular complexity index is 558. The van der Waals surface area contributed by atoms with Crippen molar-refractivity contribution in [2.24, 2.45) is 34.5 Å². The Hall–Kier alpha value is -0.630. The number of rotatable bonds is 0. The van der Waals surface area contributed by atoms with Gasteiger partial charge in [-0.15, -0.1) is 0 Å². The zero-order chi connectivity index (χ0) is 15.9. The average molecular weight is 302 g/mol. The van der Waals surface area contributed by atoms with Crippen molar-refractivity contribution >= 4 is 5.78 Å². The summed E-state index contributed by atoms with van der Waals surface area (Å²) in [5.74, 6) is 1.91. The molecular formula is C20H30O2. The maximum atomic E-state index is 12.8. The first-order chi connectivity index (χ1) is 10.3. The highest BCUT2D eigenvalue weighted by Crippen LogP contribution is 2.65. The van der Waals surface area contributed by atoms with Crippen LogP contribution in [0.25, 0.3) is 0 Å². The third-order valence-corrected chi connectivity index (χ3v) is 8.01. The minimum absolute atomic E-state index is 0.125. The van der Waals surface area contributed by atoms with Crippen molar-refractivity contribution in [3.8, 4) is 0 Å². The van der Waals surface area contributed by atoms with Crippen molar-refractivity contribution in [2.75, 3.05) is 0 Å². The van der Waals surface area contributed by atoms with E-state index in [1.54, 1.807) is 5.57 Å². The highest BCUT2D eigenvalue weighted by molar-refractivity contribution is 5.89. The third-order valence-electron chi connectivity index (χ3n) is 8.01. The first-order valence-corrected chi connectivity index (χ1v) is 9.21. The van der Waals surface area contributed by atoms with Crippen molar-refractivity contribution in [2.45, 2.75) is 72.3 Å². The van der Waals surface area contributed by atoms with Gasteiger partial charge in [-0.05, 0) is 55.8 Å². The van der Waals surface area contributed by atoms with Gasteiger partial charge in [-0.1, -0.05) is 38.8 Å². The Morgan fingerprint density at radius 2 is 1.91 bits per heavy atom. The van der Waals surface area contributed by atoms with Gasteiger partial charge in [0.1, 0.15) is 5.78 Å². The van der Waals surface area contributed by atoms with E-state index < -0.39 is 0 Å². The minimum atomic E-state index is -0.268. The molecule has 0 spiro atoms. The zero-order valence-electron chi connectivity index (χ0n) is 14.5. The molecule has 0 amide bonds. The lowest BCUT2D eigenvalue weighted by molar-refractivity contribution is -0.125. The number of carbonyl (C=O) groups excluding carboxylic acids is 1. The molecule has 2 nitrogen and oxygen atoms in total. The lowest BCUT2D eigenvalue weighted by Crippen LogP contribution is -2.55. The molecule has 122 valence electrons. The molecule has 6 atom stereocenters. The quantitative estimate of drug-likeness (QED) is 0.683. The summed E-state index contributed by atoms with van der Waals surface area (Å²) in [5.41, 5.74) is 3.06. The molecular weight excluding hydrogens is 272 g/mol. The smallest absolute Gasteiger partial charge is 0.143 e. The fourth-order valence-electron chi connectivity index (χ4n) is 6.76. The summed E-state index contributed by atoms with van der Waals surface area (Å²) in [6, 6.07) is 0. The molecule has 0 saturated heterocycles. The lowest BCUT2D eigenvalue weighted by Gasteiger charge is -2.59. The fraction of sp³-hybridized carbons (Fsp3) is 0.850. The number of aliphatic hydroxyl groups is 1. The second-order valence-electron chi connectivity index (χ2n) is 9.38. The molecule has 0 aromatic rings. The van der Waals surface area contributed by atoms with E-state index in [2.05, 4.69) is 27.7 Å². The lowest BCUT2D eigenvalue weighted by atomic mass is 9.47. The SMILES string of the molecule is C[C@H]1C(=O)C2C[C@@H]1CC1=C2[C@@]2(C)[C@H](CC1)C(C)(C)CC[C@@H]2O. The van der Waals surface area contributed by atoms with Gasteiger partial charge < -0.3 is 5.11 Å². The number of ketones is 1. The highest BCUT2D eigenvalue weighted by atomic mass is 16.3. The van der Waals surface area contributed by atoms with E-state index in [1.807, 2.05) is 0 Å². The Labute approximate surface area is 134 Å². The van der Waals surface area contributed by atoms with Crippen LogP contribution in [0.4, 0.5) is 0 Å². The number of aliphatic hydroxyl groups excluding tert-OH is 1. The average Bonchev–Trinajstić information content (AvgIpc) is 2.68. The van der Waals surface area contributed by atoms with E-state index in [1.165, 1.54) is 18.4 Å². The van der Waals surface area contributed by atoms with Crippen molar-refractivity contribution in [1.82, 2.24) is 0 Å². The number of Topliss-reactive ketones (excluding diaryl/α,β-unsaturated/α-hetero) is 1. The van der Waals surface area contributed by atoms with Crippen LogP contribution >= 0.6 is 0 Å². The molecule has 22 heavy (non-hydrogen) atoms. The molecule has 1 N–H and O–H groups in total. The molecule has 2 bridgehead atoms. The number of fused-ring (bicyclic) bond motifs is 5. The molecule has 0 heterocycles. The Morgan fingerprint density at radius 3 is 2.64 bits per heavy atom. The topological polar surface area (TPSA) is 37.3 Å². The Morgan fingerprint density at radius 1 is 1.18 bits per heavy atom. The van der Waals surface area contributed by atoms with Crippen molar-refractivity contribution in [1.29, 1.82) is 0 Å². The van der Waals surface area contributed by atoms with Gasteiger partial charge >= 0.3 is 0 Å². The molecule has 4 aliphatic carbocycles. The monoisotopic (exact) mass is 302 g/mol. The van der Waals surface area contributed by atoms with Gasteiger partial charge in [-0.3, -0.25) is 4.79 Å². The molecule has 1 unspecified atom stereocenters. The number of hydrogen-bond acceptors (Lipinski definition) is 2. The van der Waals surface area contributed by atoms with E-state index in [0.717, 1.165) is 25.7 Å². The number of allylic oxidation sites excluding steroid dienone is 1. The van der Waals surface area contributed by atoms with Crippen molar-refractivity contribution in [3.05, 3.63) is 11.1 Å². The molecule has 0 radical (unpaired) electrons. The maximum absolute atomic E-state index is 12.8. The predicted molar refractivity (Wildman–Crippen MR) is 87.3 cm³/mol. The molecule has 0 aromatic carbocycles. The minimum Gasteiger partial charge on any atom is -0.392 e. The van der Waals surface area contributed by atoms with E-state index in [-0.39, 0.29) is 28.8 Å². The largest absolute Gasteiger partial charge is 0.392 e. The van der Waals surface area contributed by atoms with Crippen LogP contribution in [0, 0.1) is 34.5 Å². The highest BCUT2D eigenvalue weighted by Gasteiger charge is 2.60. The van der Waals surface area contributed by atoms with E-state index >= 15 is 0 Å². The Kier molecular flexibility index (Phi) is 3.03. The van der Waals surface area contributed by atoms with Gasteiger partial charge in [0.25, 0.3) is 0 Å². The van der Waals surface area contributed by atoms with E-state index in [0.29, 0.717) is 17.6 Å². The van der Waals surface area contributed by atoms with Crippen LogP contribution < -0.4 is 0 Å². The van der Waals surface area contributed by atoms with Crippen molar-refractivity contribution < 1.29 is 9.90 Å². The van der Waals surface area contributed by atoms with Gasteiger partial charge in [0.2, 0.25) is 0 Å². The van der Waals surface area contributed by atoms with Gasteiger partial charge in [0, 0.05) is 17.3 Å². The summed E-state index contributed by atoms with van der Waals surface area (Å²) < 4.78 is 0. The van der Waals surface area contributed by atoms with Crippen LogP contribution in [0.2, 0.25) is 0 Å². The number of hydrogen-bond donors (Lipinski definition) is 1. The molecule has 2 fully saturated rings. The summed E-state index contributed by atoms with van der Waals surface area (Å²) in [6.07, 6.45) is 6.25. The van der Waals surface area contributed by atoms with Crippen LogP contribution in [0.5, 0.6) is 0 Å². The van der Waals surface area contributed by atoms with Crippen LogP contribution in [-0.4, -0.2) is 17.0 Å². The zero-order valence-corrected chi connectivity index (χ0v) is 14.5. The van der Waals surface area contributed by atoms with Gasteiger partial charge in [0.15, 0.2) is 0 Å².